The van der Waals surface area contributed by atoms with Gasteiger partial charge in [0.15, 0.2) is 11.6 Å². The summed E-state index contributed by atoms with van der Waals surface area (Å²) in [6.07, 6.45) is 0. The van der Waals surface area contributed by atoms with Gasteiger partial charge in [-0.1, -0.05) is 12.1 Å². The van der Waals surface area contributed by atoms with E-state index < -0.39 is 16.0 Å². The number of hydrogen-bond acceptors (Lipinski definition) is 6. The van der Waals surface area contributed by atoms with Crippen LogP contribution < -0.4 is 22.1 Å². The molecular weight excluding hydrogens is 446 g/mol. The van der Waals surface area contributed by atoms with Crippen molar-refractivity contribution in [2.45, 2.75) is 4.90 Å². The molecule has 2 aromatic carbocycles. The lowest BCUT2D eigenvalue weighted by molar-refractivity contribution is 0.598. The minimum absolute atomic E-state index is 0.0227. The SMILES string of the molecule is NC(N)=NS(=O)(=O)c1ccc(Nc2ccc(Nc3ccccc3Br)nn2)cc1. The van der Waals surface area contributed by atoms with E-state index in [9.17, 15) is 8.42 Å². The van der Waals surface area contributed by atoms with Gasteiger partial charge in [0, 0.05) is 10.2 Å². The third kappa shape index (κ3) is 4.96. The first-order chi connectivity index (χ1) is 13.3. The largest absolute Gasteiger partial charge is 0.369 e. The normalized spacial score (nSPS) is 10.9. The number of benzene rings is 2. The predicted octanol–water partition coefficient (Wildman–Crippen LogP) is 2.69. The van der Waals surface area contributed by atoms with Crippen LogP contribution in [0.2, 0.25) is 0 Å². The van der Waals surface area contributed by atoms with Crippen LogP contribution in [0, 0.1) is 0 Å². The number of halogens is 1. The zero-order valence-electron chi connectivity index (χ0n) is 14.4. The van der Waals surface area contributed by atoms with E-state index >= 15 is 0 Å². The first-order valence-electron chi connectivity index (χ1n) is 7.92. The number of nitrogens with one attached hydrogen (secondary N) is 2. The highest BCUT2D eigenvalue weighted by Gasteiger charge is 2.12. The molecule has 0 bridgehead atoms. The van der Waals surface area contributed by atoms with Crippen LogP contribution in [-0.2, 0) is 10.0 Å². The Morgan fingerprint density at radius 3 is 2.07 bits per heavy atom. The second kappa shape index (κ2) is 8.23. The maximum Gasteiger partial charge on any atom is 0.285 e. The Labute approximate surface area is 170 Å². The Morgan fingerprint density at radius 1 is 0.893 bits per heavy atom. The van der Waals surface area contributed by atoms with Gasteiger partial charge in [-0.15, -0.1) is 14.6 Å². The number of nitrogens with two attached hydrogens (primary N) is 2. The van der Waals surface area contributed by atoms with Crippen molar-refractivity contribution in [2.24, 2.45) is 15.9 Å². The Bertz CT molecular complexity index is 1100. The lowest BCUT2D eigenvalue weighted by Gasteiger charge is -2.09. The van der Waals surface area contributed by atoms with Gasteiger partial charge >= 0.3 is 0 Å². The molecule has 28 heavy (non-hydrogen) atoms. The Hall–Kier alpha value is -3.18. The summed E-state index contributed by atoms with van der Waals surface area (Å²) in [6, 6.07) is 17.1. The highest BCUT2D eigenvalue weighted by atomic mass is 79.9. The molecule has 0 radical (unpaired) electrons. The fourth-order valence-corrected chi connectivity index (χ4v) is 3.46. The van der Waals surface area contributed by atoms with Crippen LogP contribution in [0.3, 0.4) is 0 Å². The molecule has 0 aliphatic heterocycles. The van der Waals surface area contributed by atoms with E-state index in [1.807, 2.05) is 24.3 Å². The van der Waals surface area contributed by atoms with Crippen molar-refractivity contribution in [3.63, 3.8) is 0 Å². The van der Waals surface area contributed by atoms with Crippen molar-refractivity contribution in [1.29, 1.82) is 0 Å². The first kappa shape index (κ1) is 19.6. The van der Waals surface area contributed by atoms with E-state index in [0.717, 1.165) is 10.2 Å². The van der Waals surface area contributed by atoms with Gasteiger partial charge in [0.2, 0.25) is 5.96 Å². The minimum atomic E-state index is -3.92. The van der Waals surface area contributed by atoms with Gasteiger partial charge in [-0.25, -0.2) is 0 Å². The van der Waals surface area contributed by atoms with Gasteiger partial charge in [-0.2, -0.15) is 8.42 Å². The topological polar surface area (TPSA) is 148 Å². The fourth-order valence-electron chi connectivity index (χ4n) is 2.22. The van der Waals surface area contributed by atoms with E-state index in [4.69, 9.17) is 11.5 Å². The van der Waals surface area contributed by atoms with E-state index in [0.29, 0.717) is 17.3 Å². The van der Waals surface area contributed by atoms with Gasteiger partial charge in [-0.3, -0.25) is 0 Å². The summed E-state index contributed by atoms with van der Waals surface area (Å²) in [4.78, 5) is -0.0227. The Morgan fingerprint density at radius 2 is 1.50 bits per heavy atom. The van der Waals surface area contributed by atoms with Crippen LogP contribution in [0.4, 0.5) is 23.0 Å². The molecule has 11 heteroatoms. The number of guanidine groups is 1. The van der Waals surface area contributed by atoms with E-state index in [1.165, 1.54) is 12.1 Å². The lowest BCUT2D eigenvalue weighted by atomic mass is 10.3. The molecule has 0 atom stereocenters. The number of aromatic nitrogens is 2. The molecule has 1 heterocycles. The number of hydrogen-bond donors (Lipinski definition) is 4. The van der Waals surface area contributed by atoms with E-state index in [-0.39, 0.29) is 4.90 Å². The van der Waals surface area contributed by atoms with Crippen LogP contribution in [-0.4, -0.2) is 24.6 Å². The average Bonchev–Trinajstić information content (AvgIpc) is 2.65. The van der Waals surface area contributed by atoms with Crippen molar-refractivity contribution in [1.82, 2.24) is 10.2 Å². The maximum absolute atomic E-state index is 11.9. The average molecular weight is 462 g/mol. The molecule has 0 aliphatic carbocycles. The molecule has 9 nitrogen and oxygen atoms in total. The van der Waals surface area contributed by atoms with Crippen molar-refractivity contribution >= 4 is 54.9 Å². The molecule has 0 saturated heterocycles. The van der Waals surface area contributed by atoms with Crippen LogP contribution in [0.5, 0.6) is 0 Å². The zero-order chi connectivity index (χ0) is 20.1. The molecule has 144 valence electrons. The summed E-state index contributed by atoms with van der Waals surface area (Å²) in [7, 11) is -3.92. The third-order valence-electron chi connectivity index (χ3n) is 3.45. The summed E-state index contributed by atoms with van der Waals surface area (Å²) < 4.78 is 28.0. The summed E-state index contributed by atoms with van der Waals surface area (Å²) in [5, 5.41) is 14.4. The van der Waals surface area contributed by atoms with Gasteiger partial charge in [0.1, 0.15) is 0 Å². The maximum atomic E-state index is 11.9. The summed E-state index contributed by atoms with van der Waals surface area (Å²) in [5.74, 6) is 0.558. The van der Waals surface area contributed by atoms with Crippen LogP contribution in [0.15, 0.2) is 74.4 Å². The van der Waals surface area contributed by atoms with E-state index in [2.05, 4.69) is 41.2 Å². The highest BCUT2D eigenvalue weighted by molar-refractivity contribution is 9.10. The number of nitrogens with zero attached hydrogens (tertiary/aromatic N) is 3. The zero-order valence-corrected chi connectivity index (χ0v) is 16.8. The monoisotopic (exact) mass is 461 g/mol. The minimum Gasteiger partial charge on any atom is -0.369 e. The molecule has 3 rings (SSSR count). The van der Waals surface area contributed by atoms with Gasteiger partial charge in [0.05, 0.1) is 10.6 Å². The standard InChI is InChI=1S/C17H16BrN7O2S/c18-13-3-1-2-4-14(13)22-16-10-9-15(23-24-16)21-11-5-7-12(8-6-11)28(26,27)25-17(19)20/h1-10H,(H,21,23)(H,22,24)(H4,19,20,25). The number of anilines is 4. The molecule has 0 amide bonds. The van der Waals surface area contributed by atoms with Crippen molar-refractivity contribution in [3.8, 4) is 0 Å². The molecule has 3 aromatic rings. The highest BCUT2D eigenvalue weighted by Crippen LogP contribution is 2.25. The van der Waals surface area contributed by atoms with Gasteiger partial charge in [-0.05, 0) is 64.5 Å². The smallest absolute Gasteiger partial charge is 0.285 e. The van der Waals surface area contributed by atoms with Crippen molar-refractivity contribution in [3.05, 3.63) is 65.1 Å². The molecule has 1 aromatic heterocycles. The number of para-hydroxylation sites is 1. The summed E-state index contributed by atoms with van der Waals surface area (Å²) in [6.45, 7) is 0. The third-order valence-corrected chi connectivity index (χ3v) is 5.46. The van der Waals surface area contributed by atoms with Gasteiger partial charge < -0.3 is 22.1 Å². The van der Waals surface area contributed by atoms with Crippen molar-refractivity contribution in [2.75, 3.05) is 10.6 Å². The molecule has 0 spiro atoms. The summed E-state index contributed by atoms with van der Waals surface area (Å²) in [5.41, 5.74) is 11.8. The second-order valence-corrected chi connectivity index (χ2v) is 8.01. The number of rotatable bonds is 6. The molecule has 0 unspecified atom stereocenters. The molecule has 0 fully saturated rings. The molecule has 0 saturated carbocycles. The second-order valence-electron chi connectivity index (χ2n) is 5.55. The van der Waals surface area contributed by atoms with Crippen LogP contribution in [0.25, 0.3) is 0 Å². The lowest BCUT2D eigenvalue weighted by Crippen LogP contribution is -2.24. The quantitative estimate of drug-likeness (QED) is 0.323. The van der Waals surface area contributed by atoms with Crippen LogP contribution in [0.1, 0.15) is 0 Å². The summed E-state index contributed by atoms with van der Waals surface area (Å²) >= 11 is 3.46. The predicted molar refractivity (Wildman–Crippen MR) is 112 cm³/mol. The number of sulfonamides is 1. The molecule has 0 aliphatic rings. The van der Waals surface area contributed by atoms with Crippen LogP contribution >= 0.6 is 15.9 Å². The molecule has 6 N–H and O–H groups in total. The van der Waals surface area contributed by atoms with Crippen molar-refractivity contribution < 1.29 is 8.42 Å². The van der Waals surface area contributed by atoms with E-state index in [1.54, 1.807) is 24.3 Å². The first-order valence-corrected chi connectivity index (χ1v) is 10.1. The molecular formula is C17H16BrN7O2S. The Kier molecular flexibility index (Phi) is 5.76. The van der Waals surface area contributed by atoms with Gasteiger partial charge in [0.25, 0.3) is 10.0 Å². The Balaban J connectivity index is 1.69. The fraction of sp³-hybridized carbons (Fsp3) is 0.